The molecule has 7 heteroatoms. The van der Waals surface area contributed by atoms with E-state index in [0.29, 0.717) is 45.2 Å². The van der Waals surface area contributed by atoms with Gasteiger partial charge in [-0.3, -0.25) is 19.7 Å². The molecule has 1 amide bonds. The lowest BCUT2D eigenvalue weighted by Gasteiger charge is -2.21. The molecule has 34 heavy (non-hydrogen) atoms. The summed E-state index contributed by atoms with van der Waals surface area (Å²) in [5.74, 6) is -2.09. The maximum Gasteiger partial charge on any atom is 0.320 e. The van der Waals surface area contributed by atoms with Crippen molar-refractivity contribution in [1.29, 1.82) is 0 Å². The highest BCUT2D eigenvalue weighted by Crippen LogP contribution is 2.22. The van der Waals surface area contributed by atoms with Crippen LogP contribution in [0.3, 0.4) is 0 Å². The van der Waals surface area contributed by atoms with Gasteiger partial charge in [-0.05, 0) is 61.3 Å². The normalized spacial score (nSPS) is 14.6. The summed E-state index contributed by atoms with van der Waals surface area (Å²) in [5.41, 5.74) is 4.04. The third-order valence-corrected chi connectivity index (χ3v) is 6.35. The molecule has 2 aromatic carbocycles. The summed E-state index contributed by atoms with van der Waals surface area (Å²) in [7, 11) is 0. The minimum atomic E-state index is -1.06. The lowest BCUT2D eigenvalue weighted by Crippen LogP contribution is -2.47. The van der Waals surface area contributed by atoms with Crippen LogP contribution in [0.25, 0.3) is 0 Å². The van der Waals surface area contributed by atoms with Crippen molar-refractivity contribution >= 4 is 17.8 Å². The van der Waals surface area contributed by atoms with Gasteiger partial charge in [0.25, 0.3) is 5.91 Å². The first kappa shape index (κ1) is 25.4. The van der Waals surface area contributed by atoms with Crippen LogP contribution in [-0.2, 0) is 29.0 Å². The van der Waals surface area contributed by atoms with E-state index in [1.165, 1.54) is 5.56 Å². The van der Waals surface area contributed by atoms with Crippen molar-refractivity contribution in [3.05, 3.63) is 70.8 Å². The Morgan fingerprint density at radius 1 is 0.912 bits per heavy atom. The molecule has 7 nitrogen and oxygen atoms in total. The smallest absolute Gasteiger partial charge is 0.320 e. The van der Waals surface area contributed by atoms with Crippen molar-refractivity contribution in [3.8, 4) is 0 Å². The van der Waals surface area contributed by atoms with Crippen molar-refractivity contribution in [2.75, 3.05) is 6.54 Å². The van der Waals surface area contributed by atoms with E-state index in [9.17, 15) is 24.6 Å². The number of rotatable bonds is 14. The fourth-order valence-corrected chi connectivity index (χ4v) is 4.42. The lowest BCUT2D eigenvalue weighted by molar-refractivity contribution is -0.142. The van der Waals surface area contributed by atoms with Gasteiger partial charge in [-0.15, -0.1) is 0 Å². The van der Waals surface area contributed by atoms with Gasteiger partial charge in [-0.25, -0.2) is 0 Å². The Bertz CT molecular complexity index is 989. The minimum absolute atomic E-state index is 0.0113. The molecule has 0 spiro atoms. The number of benzene rings is 2. The number of nitrogens with one attached hydrogen (secondary N) is 1. The topological polar surface area (TPSA) is 107 Å². The zero-order valence-corrected chi connectivity index (χ0v) is 19.7. The number of carbonyl (C=O) groups excluding carboxylic acids is 1. The van der Waals surface area contributed by atoms with Crippen molar-refractivity contribution < 1.29 is 24.6 Å². The number of aliphatic carboxylic acids is 2. The molecule has 2 aromatic rings. The first-order chi connectivity index (χ1) is 16.4. The molecule has 2 atom stereocenters. The highest BCUT2D eigenvalue weighted by molar-refractivity contribution is 5.98. The summed E-state index contributed by atoms with van der Waals surface area (Å²) >= 11 is 0. The number of carboxylic acid groups (broad SMARTS) is 2. The number of hydrogen-bond donors (Lipinski definition) is 3. The maximum absolute atomic E-state index is 12.4. The summed E-state index contributed by atoms with van der Waals surface area (Å²) in [6.45, 7) is 3.26. The van der Waals surface area contributed by atoms with E-state index in [1.54, 1.807) is 4.90 Å². The Kier molecular flexibility index (Phi) is 9.22. The molecule has 0 saturated heterocycles. The molecule has 3 rings (SSSR count). The number of carboxylic acids is 2. The van der Waals surface area contributed by atoms with Gasteiger partial charge in [0.1, 0.15) is 12.1 Å². The van der Waals surface area contributed by atoms with Gasteiger partial charge >= 0.3 is 11.9 Å². The molecular weight excluding hydrogens is 432 g/mol. The van der Waals surface area contributed by atoms with Gasteiger partial charge in [-0.1, -0.05) is 55.8 Å². The van der Waals surface area contributed by atoms with E-state index in [1.807, 2.05) is 36.4 Å². The Balaban J connectivity index is 1.46. The molecule has 0 aliphatic carbocycles. The molecule has 1 heterocycles. The first-order valence-corrected chi connectivity index (χ1v) is 12.1. The molecule has 0 aromatic heterocycles. The number of hydrogen-bond acceptors (Lipinski definition) is 4. The van der Waals surface area contributed by atoms with Crippen LogP contribution >= 0.6 is 0 Å². The van der Waals surface area contributed by atoms with E-state index in [0.717, 1.165) is 29.5 Å². The average Bonchev–Trinajstić information content (AvgIpc) is 3.14. The van der Waals surface area contributed by atoms with Gasteiger partial charge in [0, 0.05) is 18.7 Å². The number of unbranched alkanes of at least 4 members (excludes halogenated alkanes) is 1. The number of carbonyl (C=O) groups is 3. The zero-order chi connectivity index (χ0) is 24.5. The Morgan fingerprint density at radius 2 is 1.53 bits per heavy atom. The predicted molar refractivity (Wildman–Crippen MR) is 130 cm³/mol. The molecule has 3 N–H and O–H groups in total. The average molecular weight is 467 g/mol. The van der Waals surface area contributed by atoms with Crippen LogP contribution < -0.4 is 5.32 Å². The highest BCUT2D eigenvalue weighted by Gasteiger charge is 2.28. The molecule has 1 aliphatic rings. The Morgan fingerprint density at radius 3 is 2.15 bits per heavy atom. The van der Waals surface area contributed by atoms with Crippen LogP contribution in [0.2, 0.25) is 0 Å². The standard InChI is InChI=1S/C27H34N2O5/c1-2-7-19-11-13-20(14-12-19)15-16-24(27(33)34)28-23(26(31)32)10-5-6-17-29-18-21-8-3-4-9-22(21)25(29)30/h3-4,8-9,11-14,23-24,28H,2,5-7,10,15-18H2,1H3,(H,31,32)(H,33,34)/t23-,24+/m1/s1. The van der Waals surface area contributed by atoms with Gasteiger partial charge < -0.3 is 15.1 Å². The first-order valence-electron chi connectivity index (χ1n) is 12.1. The quantitative estimate of drug-likeness (QED) is 0.365. The monoisotopic (exact) mass is 466 g/mol. The van der Waals surface area contributed by atoms with Crippen LogP contribution in [-0.4, -0.2) is 51.6 Å². The summed E-state index contributed by atoms with van der Waals surface area (Å²) in [6.07, 6.45) is 4.50. The van der Waals surface area contributed by atoms with Crippen molar-refractivity contribution in [1.82, 2.24) is 10.2 Å². The van der Waals surface area contributed by atoms with Gasteiger partial charge in [-0.2, -0.15) is 0 Å². The number of nitrogens with zero attached hydrogens (tertiary/aromatic N) is 1. The largest absolute Gasteiger partial charge is 0.480 e. The van der Waals surface area contributed by atoms with Crippen LogP contribution in [0.4, 0.5) is 0 Å². The van der Waals surface area contributed by atoms with E-state index in [2.05, 4.69) is 24.4 Å². The molecule has 0 fully saturated rings. The van der Waals surface area contributed by atoms with E-state index < -0.39 is 24.0 Å². The molecule has 0 unspecified atom stereocenters. The predicted octanol–water partition coefficient (Wildman–Crippen LogP) is 3.89. The van der Waals surface area contributed by atoms with Crippen molar-refractivity contribution in [3.63, 3.8) is 0 Å². The summed E-state index contributed by atoms with van der Waals surface area (Å²) in [5, 5.41) is 22.1. The second-order valence-electron chi connectivity index (χ2n) is 8.93. The number of aryl methyl sites for hydroxylation is 2. The Hall–Kier alpha value is -3.19. The Labute approximate surface area is 200 Å². The van der Waals surface area contributed by atoms with Crippen LogP contribution in [0.1, 0.15) is 66.1 Å². The molecule has 1 aliphatic heterocycles. The summed E-state index contributed by atoms with van der Waals surface area (Å²) in [6, 6.07) is 13.8. The van der Waals surface area contributed by atoms with Gasteiger partial charge in [0.05, 0.1) is 0 Å². The molecule has 0 saturated carbocycles. The van der Waals surface area contributed by atoms with Gasteiger partial charge in [0.2, 0.25) is 0 Å². The molecule has 0 radical (unpaired) electrons. The number of fused-ring (bicyclic) bond motifs is 1. The van der Waals surface area contributed by atoms with Crippen LogP contribution in [0, 0.1) is 0 Å². The third-order valence-electron chi connectivity index (χ3n) is 6.35. The summed E-state index contributed by atoms with van der Waals surface area (Å²) in [4.78, 5) is 37.8. The third kappa shape index (κ3) is 6.90. The van der Waals surface area contributed by atoms with Crippen LogP contribution in [0.5, 0.6) is 0 Å². The van der Waals surface area contributed by atoms with Crippen molar-refractivity contribution in [2.24, 2.45) is 0 Å². The zero-order valence-electron chi connectivity index (χ0n) is 19.7. The lowest BCUT2D eigenvalue weighted by atomic mass is 10.0. The maximum atomic E-state index is 12.4. The molecule has 0 bridgehead atoms. The second kappa shape index (κ2) is 12.3. The molecule has 182 valence electrons. The van der Waals surface area contributed by atoms with E-state index in [-0.39, 0.29) is 5.91 Å². The van der Waals surface area contributed by atoms with E-state index >= 15 is 0 Å². The summed E-state index contributed by atoms with van der Waals surface area (Å²) < 4.78 is 0. The fraction of sp³-hybridized carbons (Fsp3) is 0.444. The van der Waals surface area contributed by atoms with Crippen molar-refractivity contribution in [2.45, 2.75) is 70.5 Å². The minimum Gasteiger partial charge on any atom is -0.480 e. The SMILES string of the molecule is CCCc1ccc(CC[C@H](N[C@H](CCCCN2Cc3ccccc3C2=O)C(=O)O)C(=O)O)cc1. The highest BCUT2D eigenvalue weighted by atomic mass is 16.4. The number of amides is 1. The fourth-order valence-electron chi connectivity index (χ4n) is 4.42. The van der Waals surface area contributed by atoms with E-state index in [4.69, 9.17) is 0 Å². The van der Waals surface area contributed by atoms with Crippen LogP contribution in [0.15, 0.2) is 48.5 Å². The van der Waals surface area contributed by atoms with Gasteiger partial charge in [0.15, 0.2) is 0 Å². The molecular formula is C27H34N2O5. The second-order valence-corrected chi connectivity index (χ2v) is 8.93.